The summed E-state index contributed by atoms with van der Waals surface area (Å²) in [4.78, 5) is 24.0. The summed E-state index contributed by atoms with van der Waals surface area (Å²) in [5.41, 5.74) is 0. The lowest BCUT2D eigenvalue weighted by atomic mass is 10.2. The molecule has 86 valence electrons. The first kappa shape index (κ1) is 12.0. The van der Waals surface area contributed by atoms with Gasteiger partial charge in [-0.05, 0) is 13.3 Å². The summed E-state index contributed by atoms with van der Waals surface area (Å²) >= 11 is 0. The van der Waals surface area contributed by atoms with Crippen molar-refractivity contribution in [2.24, 2.45) is 0 Å². The molecule has 1 saturated heterocycles. The molecule has 5 heteroatoms. The molecular weight excluding hydrogens is 194 g/mol. The third-order valence-corrected chi connectivity index (χ3v) is 2.57. The summed E-state index contributed by atoms with van der Waals surface area (Å²) < 4.78 is 0. The van der Waals surface area contributed by atoms with Gasteiger partial charge >= 0.3 is 0 Å². The molecule has 2 amide bonds. The average Bonchev–Trinajstić information content (AvgIpc) is 2.59. The summed E-state index contributed by atoms with van der Waals surface area (Å²) in [6.07, 6.45) is 1.46. The normalized spacial score (nSPS) is 22.3. The molecule has 1 heterocycles. The molecule has 0 bridgehead atoms. The number of nitrogens with zero attached hydrogens (tertiary/aromatic N) is 1. The maximum atomic E-state index is 11.5. The van der Waals surface area contributed by atoms with Crippen molar-refractivity contribution in [1.29, 1.82) is 0 Å². The fourth-order valence-electron chi connectivity index (χ4n) is 1.62. The highest BCUT2D eigenvalue weighted by Crippen LogP contribution is 2.05. The van der Waals surface area contributed by atoms with Crippen molar-refractivity contribution in [3.05, 3.63) is 0 Å². The van der Waals surface area contributed by atoms with E-state index in [9.17, 15) is 9.59 Å². The molecule has 15 heavy (non-hydrogen) atoms. The second-order valence-corrected chi connectivity index (χ2v) is 4.17. The van der Waals surface area contributed by atoms with Crippen molar-refractivity contribution < 1.29 is 9.59 Å². The molecule has 2 unspecified atom stereocenters. The fraction of sp³-hybridized carbons (Fsp3) is 0.800. The van der Waals surface area contributed by atoms with Gasteiger partial charge in [-0.15, -0.1) is 0 Å². The summed E-state index contributed by atoms with van der Waals surface area (Å²) in [5.74, 6) is 0.160. The average molecular weight is 213 g/mol. The number of nitrogens with one attached hydrogen (secondary N) is 2. The number of rotatable bonds is 4. The van der Waals surface area contributed by atoms with Crippen LogP contribution in [0.4, 0.5) is 0 Å². The van der Waals surface area contributed by atoms with Gasteiger partial charge in [0.05, 0.1) is 6.04 Å². The van der Waals surface area contributed by atoms with E-state index < -0.39 is 0 Å². The van der Waals surface area contributed by atoms with Crippen LogP contribution < -0.4 is 10.6 Å². The van der Waals surface area contributed by atoms with Crippen LogP contribution >= 0.6 is 0 Å². The van der Waals surface area contributed by atoms with E-state index in [4.69, 9.17) is 0 Å². The van der Waals surface area contributed by atoms with Crippen molar-refractivity contribution in [1.82, 2.24) is 15.5 Å². The molecule has 1 aliphatic heterocycles. The van der Waals surface area contributed by atoms with E-state index in [1.165, 1.54) is 0 Å². The molecule has 0 aromatic heterocycles. The van der Waals surface area contributed by atoms with Crippen molar-refractivity contribution in [3.8, 4) is 0 Å². The molecule has 1 fully saturated rings. The van der Waals surface area contributed by atoms with Gasteiger partial charge in [0.15, 0.2) is 0 Å². The summed E-state index contributed by atoms with van der Waals surface area (Å²) in [5, 5.41) is 5.97. The first-order valence-corrected chi connectivity index (χ1v) is 5.24. The lowest BCUT2D eigenvalue weighted by Gasteiger charge is -2.19. The minimum atomic E-state index is -0.197. The maximum absolute atomic E-state index is 11.5. The number of hydrogen-bond acceptors (Lipinski definition) is 3. The summed E-state index contributed by atoms with van der Waals surface area (Å²) in [6.45, 7) is 2.49. The number of likely N-dealkylation sites (N-methyl/N-ethyl adjacent to an activating group) is 1. The smallest absolute Gasteiger partial charge is 0.238 e. The zero-order valence-corrected chi connectivity index (χ0v) is 9.54. The highest BCUT2D eigenvalue weighted by Gasteiger charge is 2.22. The van der Waals surface area contributed by atoms with Crippen molar-refractivity contribution in [2.45, 2.75) is 31.8 Å². The number of carbonyl (C=O) groups is 2. The van der Waals surface area contributed by atoms with Gasteiger partial charge in [0.2, 0.25) is 11.8 Å². The van der Waals surface area contributed by atoms with Gasteiger partial charge in [-0.25, -0.2) is 0 Å². The van der Waals surface area contributed by atoms with Gasteiger partial charge < -0.3 is 15.5 Å². The Bertz CT molecular complexity index is 253. The van der Waals surface area contributed by atoms with E-state index >= 15 is 0 Å². The van der Waals surface area contributed by atoms with Crippen LogP contribution in [0.3, 0.4) is 0 Å². The Morgan fingerprint density at radius 3 is 2.80 bits per heavy atom. The molecule has 0 saturated carbocycles. The Morgan fingerprint density at radius 1 is 1.67 bits per heavy atom. The van der Waals surface area contributed by atoms with Crippen LogP contribution in [0.1, 0.15) is 19.8 Å². The van der Waals surface area contributed by atoms with Crippen molar-refractivity contribution >= 4 is 11.8 Å². The molecule has 0 aromatic rings. The topological polar surface area (TPSA) is 61.4 Å². The van der Waals surface area contributed by atoms with Crippen LogP contribution in [0.25, 0.3) is 0 Å². The molecule has 2 atom stereocenters. The number of hydrogen-bond donors (Lipinski definition) is 2. The van der Waals surface area contributed by atoms with E-state index in [1.54, 1.807) is 19.0 Å². The fourth-order valence-corrected chi connectivity index (χ4v) is 1.62. The molecule has 0 aromatic carbocycles. The van der Waals surface area contributed by atoms with E-state index in [1.807, 2.05) is 6.92 Å². The predicted molar refractivity (Wildman–Crippen MR) is 57.3 cm³/mol. The lowest BCUT2D eigenvalue weighted by molar-refractivity contribution is -0.130. The van der Waals surface area contributed by atoms with Gasteiger partial charge in [0.1, 0.15) is 0 Å². The third-order valence-electron chi connectivity index (χ3n) is 2.57. The summed E-state index contributed by atoms with van der Waals surface area (Å²) in [6, 6.07) is -0.0209. The molecule has 1 aliphatic rings. The SMILES string of the molecule is CC(NCC1CCC(=O)N1)C(=O)N(C)C. The van der Waals surface area contributed by atoms with Gasteiger partial charge in [-0.2, -0.15) is 0 Å². The molecule has 5 nitrogen and oxygen atoms in total. The van der Waals surface area contributed by atoms with E-state index in [2.05, 4.69) is 10.6 Å². The van der Waals surface area contributed by atoms with Gasteiger partial charge in [0.25, 0.3) is 0 Å². The van der Waals surface area contributed by atoms with E-state index in [-0.39, 0.29) is 23.9 Å². The second kappa shape index (κ2) is 5.11. The Hall–Kier alpha value is -1.10. The molecule has 0 radical (unpaired) electrons. The minimum Gasteiger partial charge on any atom is -0.352 e. The van der Waals surface area contributed by atoms with Gasteiger partial charge in [-0.3, -0.25) is 9.59 Å². The zero-order chi connectivity index (χ0) is 11.4. The predicted octanol–water partition coefficient (Wildman–Crippen LogP) is -0.669. The van der Waals surface area contributed by atoms with Crippen LogP contribution in [0, 0.1) is 0 Å². The van der Waals surface area contributed by atoms with Crippen LogP contribution in [0.5, 0.6) is 0 Å². The second-order valence-electron chi connectivity index (χ2n) is 4.17. The molecular formula is C10H19N3O2. The molecule has 0 aliphatic carbocycles. The Labute approximate surface area is 90.2 Å². The third kappa shape index (κ3) is 3.51. The zero-order valence-electron chi connectivity index (χ0n) is 9.54. The van der Waals surface area contributed by atoms with Crippen molar-refractivity contribution in [3.63, 3.8) is 0 Å². The standard InChI is InChI=1S/C10H19N3O2/c1-7(10(15)13(2)3)11-6-8-4-5-9(14)12-8/h7-8,11H,4-6H2,1-3H3,(H,12,14). The lowest BCUT2D eigenvalue weighted by Crippen LogP contribution is -2.46. The van der Waals surface area contributed by atoms with Crippen LogP contribution in [-0.4, -0.2) is 49.4 Å². The van der Waals surface area contributed by atoms with E-state index in [0.29, 0.717) is 13.0 Å². The van der Waals surface area contributed by atoms with Crippen LogP contribution in [0.15, 0.2) is 0 Å². The Morgan fingerprint density at radius 2 is 2.33 bits per heavy atom. The van der Waals surface area contributed by atoms with Crippen LogP contribution in [-0.2, 0) is 9.59 Å². The Balaban J connectivity index is 2.25. The minimum absolute atomic E-state index is 0.0549. The van der Waals surface area contributed by atoms with Crippen molar-refractivity contribution in [2.75, 3.05) is 20.6 Å². The largest absolute Gasteiger partial charge is 0.352 e. The van der Waals surface area contributed by atoms with Crippen LogP contribution in [0.2, 0.25) is 0 Å². The van der Waals surface area contributed by atoms with Gasteiger partial charge in [-0.1, -0.05) is 0 Å². The van der Waals surface area contributed by atoms with Gasteiger partial charge in [0, 0.05) is 33.1 Å². The maximum Gasteiger partial charge on any atom is 0.238 e. The summed E-state index contributed by atoms with van der Waals surface area (Å²) in [7, 11) is 3.47. The Kier molecular flexibility index (Phi) is 4.08. The first-order chi connectivity index (χ1) is 7.00. The number of amides is 2. The highest BCUT2D eigenvalue weighted by atomic mass is 16.2. The molecule has 1 rings (SSSR count). The molecule has 2 N–H and O–H groups in total. The first-order valence-electron chi connectivity index (χ1n) is 5.24. The monoisotopic (exact) mass is 213 g/mol. The molecule has 0 spiro atoms. The highest BCUT2D eigenvalue weighted by molar-refractivity contribution is 5.81. The van der Waals surface area contributed by atoms with E-state index in [0.717, 1.165) is 6.42 Å². The number of carbonyl (C=O) groups excluding carboxylic acids is 2. The quantitative estimate of drug-likeness (QED) is 0.651.